The van der Waals surface area contributed by atoms with Crippen molar-refractivity contribution in [2.24, 2.45) is 30.7 Å². The van der Waals surface area contributed by atoms with E-state index in [1.807, 2.05) is 0 Å². The van der Waals surface area contributed by atoms with Crippen LogP contribution in [-0.2, 0) is 22.8 Å². The molecule has 0 saturated heterocycles. The fraction of sp³-hybridized carbons (Fsp3) is 0.800. The zero-order chi connectivity index (χ0) is 14.6. The molecule has 2 bridgehead atoms. The Kier molecular flexibility index (Phi) is 3.15. The normalized spacial score (nSPS) is 38.0. The van der Waals surface area contributed by atoms with Crippen molar-refractivity contribution in [1.29, 1.82) is 0 Å². The highest BCUT2D eigenvalue weighted by Crippen LogP contribution is 2.58. The summed E-state index contributed by atoms with van der Waals surface area (Å²) in [6.45, 7) is 0. The zero-order valence-electron chi connectivity index (χ0n) is 12.4. The van der Waals surface area contributed by atoms with Gasteiger partial charge in [-0.3, -0.25) is 4.68 Å². The first-order valence-corrected chi connectivity index (χ1v) is 9.65. The van der Waals surface area contributed by atoms with Crippen molar-refractivity contribution in [3.63, 3.8) is 0 Å². The molecule has 3 aliphatic rings. The summed E-state index contributed by atoms with van der Waals surface area (Å²) < 4.78 is 29.5. The van der Waals surface area contributed by atoms with Crippen molar-refractivity contribution in [2.45, 2.75) is 43.9 Å². The van der Waals surface area contributed by atoms with E-state index in [1.54, 1.807) is 24.0 Å². The molecule has 3 saturated carbocycles. The molecule has 4 rings (SSSR count). The van der Waals surface area contributed by atoms with Crippen LogP contribution < -0.4 is 4.72 Å². The zero-order valence-corrected chi connectivity index (χ0v) is 13.2. The largest absolute Gasteiger partial charge is 0.272 e. The third-order valence-corrected chi connectivity index (χ3v) is 7.36. The first kappa shape index (κ1) is 13.8. The van der Waals surface area contributed by atoms with E-state index in [9.17, 15) is 8.42 Å². The van der Waals surface area contributed by atoms with Gasteiger partial charge in [-0.2, -0.15) is 5.10 Å². The third-order valence-electron chi connectivity index (χ3n) is 6.02. The van der Waals surface area contributed by atoms with Crippen LogP contribution in [0.5, 0.6) is 0 Å². The Labute approximate surface area is 126 Å². The molecule has 0 aromatic carbocycles. The number of hydrogen-bond acceptors (Lipinski definition) is 3. The van der Waals surface area contributed by atoms with Gasteiger partial charge in [0.05, 0.1) is 5.69 Å². The first-order chi connectivity index (χ1) is 10.0. The molecule has 116 valence electrons. The minimum atomic E-state index is -3.28. The predicted molar refractivity (Wildman–Crippen MR) is 79.8 cm³/mol. The lowest BCUT2D eigenvalue weighted by Gasteiger charge is -2.29. The Bertz CT molecular complexity index is 639. The second kappa shape index (κ2) is 4.81. The van der Waals surface area contributed by atoms with E-state index >= 15 is 0 Å². The van der Waals surface area contributed by atoms with Crippen LogP contribution >= 0.6 is 0 Å². The predicted octanol–water partition coefficient (Wildman–Crippen LogP) is 1.66. The van der Waals surface area contributed by atoms with Crippen LogP contribution in [0.3, 0.4) is 0 Å². The maximum atomic E-state index is 12.4. The van der Waals surface area contributed by atoms with Crippen LogP contribution in [0.4, 0.5) is 0 Å². The Balaban J connectivity index is 1.47. The lowest BCUT2D eigenvalue weighted by atomic mass is 9.80. The van der Waals surface area contributed by atoms with Crippen molar-refractivity contribution >= 4 is 10.0 Å². The molecule has 1 unspecified atom stereocenters. The lowest BCUT2D eigenvalue weighted by molar-refractivity contribution is 0.237. The fourth-order valence-electron chi connectivity index (χ4n) is 5.22. The molecule has 5 nitrogen and oxygen atoms in total. The van der Waals surface area contributed by atoms with Gasteiger partial charge in [0.15, 0.2) is 0 Å². The number of rotatable bonds is 4. The van der Waals surface area contributed by atoms with Gasteiger partial charge in [0, 0.05) is 19.3 Å². The van der Waals surface area contributed by atoms with Gasteiger partial charge < -0.3 is 0 Å². The van der Waals surface area contributed by atoms with E-state index in [2.05, 4.69) is 9.82 Å². The van der Waals surface area contributed by atoms with Gasteiger partial charge in [-0.05, 0) is 61.8 Å². The van der Waals surface area contributed by atoms with Crippen molar-refractivity contribution in [3.05, 3.63) is 18.0 Å². The van der Waals surface area contributed by atoms with Crippen LogP contribution in [0, 0.1) is 23.7 Å². The van der Waals surface area contributed by atoms with Crippen LogP contribution in [0.2, 0.25) is 0 Å². The van der Waals surface area contributed by atoms with Crippen LogP contribution in [-0.4, -0.2) is 24.2 Å². The first-order valence-electron chi connectivity index (χ1n) is 8.00. The maximum Gasteiger partial charge on any atom is 0.217 e. The van der Waals surface area contributed by atoms with Crippen LogP contribution in [0.1, 0.15) is 37.8 Å². The molecule has 0 spiro atoms. The molecule has 3 aliphatic carbocycles. The van der Waals surface area contributed by atoms with E-state index in [4.69, 9.17) is 0 Å². The van der Waals surface area contributed by atoms with Gasteiger partial charge in [0.1, 0.15) is 5.75 Å². The van der Waals surface area contributed by atoms with Crippen molar-refractivity contribution in [3.8, 4) is 0 Å². The lowest BCUT2D eigenvalue weighted by Crippen LogP contribution is -2.41. The second-order valence-corrected chi connectivity index (χ2v) is 8.84. The van der Waals surface area contributed by atoms with Gasteiger partial charge in [-0.1, -0.05) is 0 Å². The summed E-state index contributed by atoms with van der Waals surface area (Å²) in [6.07, 6.45) is 7.91. The highest BCUT2D eigenvalue weighted by molar-refractivity contribution is 7.88. The van der Waals surface area contributed by atoms with Crippen molar-refractivity contribution < 1.29 is 8.42 Å². The Morgan fingerprint density at radius 3 is 2.86 bits per heavy atom. The number of hydrogen-bond donors (Lipinski definition) is 1. The number of aryl methyl sites for hydroxylation is 1. The number of nitrogens with one attached hydrogen (secondary N) is 1. The fourth-order valence-corrected chi connectivity index (χ4v) is 6.71. The quantitative estimate of drug-likeness (QED) is 0.920. The molecule has 1 N–H and O–H groups in total. The average molecular weight is 309 g/mol. The summed E-state index contributed by atoms with van der Waals surface area (Å²) >= 11 is 0. The SMILES string of the molecule is Cn1nccc1CS(=O)(=O)NC1CC[C@@H]2[C@@H]3CC[C@@H](C3)[C@H]12. The monoisotopic (exact) mass is 309 g/mol. The summed E-state index contributed by atoms with van der Waals surface area (Å²) in [4.78, 5) is 0. The number of fused-ring (bicyclic) bond motifs is 5. The summed E-state index contributed by atoms with van der Waals surface area (Å²) in [5.74, 6) is 3.07. The molecular formula is C15H23N3O2S. The smallest absolute Gasteiger partial charge is 0.217 e. The molecule has 0 amide bonds. The van der Waals surface area contributed by atoms with Crippen LogP contribution in [0.15, 0.2) is 12.3 Å². The Morgan fingerprint density at radius 1 is 1.29 bits per heavy atom. The number of nitrogens with zero attached hydrogens (tertiary/aromatic N) is 2. The Hall–Kier alpha value is -0.880. The topological polar surface area (TPSA) is 64.0 Å². The molecule has 3 fully saturated rings. The molecule has 5 atom stereocenters. The minimum Gasteiger partial charge on any atom is -0.272 e. The van der Waals surface area contributed by atoms with Gasteiger partial charge in [-0.25, -0.2) is 13.1 Å². The highest BCUT2D eigenvalue weighted by Gasteiger charge is 2.53. The molecule has 1 aromatic rings. The van der Waals surface area contributed by atoms with Crippen molar-refractivity contribution in [2.75, 3.05) is 0 Å². The second-order valence-electron chi connectivity index (χ2n) is 7.08. The van der Waals surface area contributed by atoms with E-state index in [0.717, 1.165) is 29.9 Å². The van der Waals surface area contributed by atoms with E-state index in [0.29, 0.717) is 5.92 Å². The van der Waals surface area contributed by atoms with Gasteiger partial charge in [-0.15, -0.1) is 0 Å². The third kappa shape index (κ3) is 2.32. The van der Waals surface area contributed by atoms with Gasteiger partial charge in [0.25, 0.3) is 0 Å². The van der Waals surface area contributed by atoms with Gasteiger partial charge in [0.2, 0.25) is 10.0 Å². The minimum absolute atomic E-state index is 0.0332. The Morgan fingerprint density at radius 2 is 2.10 bits per heavy atom. The van der Waals surface area contributed by atoms with E-state index < -0.39 is 10.0 Å². The molecule has 1 heterocycles. The summed E-state index contributed by atoms with van der Waals surface area (Å²) in [5.41, 5.74) is 0.741. The number of aromatic nitrogens is 2. The summed E-state index contributed by atoms with van der Waals surface area (Å²) in [6, 6.07) is 1.94. The molecule has 21 heavy (non-hydrogen) atoms. The molecule has 1 aromatic heterocycles. The maximum absolute atomic E-state index is 12.4. The van der Waals surface area contributed by atoms with Gasteiger partial charge >= 0.3 is 0 Å². The van der Waals surface area contributed by atoms with E-state index in [-0.39, 0.29) is 11.8 Å². The van der Waals surface area contributed by atoms with Crippen molar-refractivity contribution in [1.82, 2.24) is 14.5 Å². The summed E-state index contributed by atoms with van der Waals surface area (Å²) in [7, 11) is -1.49. The molecular weight excluding hydrogens is 286 g/mol. The van der Waals surface area contributed by atoms with Crippen LogP contribution in [0.25, 0.3) is 0 Å². The van der Waals surface area contributed by atoms with E-state index in [1.165, 1.54) is 25.7 Å². The summed E-state index contributed by atoms with van der Waals surface area (Å²) in [5, 5.41) is 4.04. The molecule has 6 heteroatoms. The average Bonchev–Trinajstić information content (AvgIpc) is 3.14. The molecule has 0 radical (unpaired) electrons. The highest BCUT2D eigenvalue weighted by atomic mass is 32.2. The standard InChI is InChI=1S/C15H23N3O2S/c1-18-12(6-7-16-18)9-21(19,20)17-14-5-4-13-10-2-3-11(8-10)15(13)14/h6-7,10-11,13-15,17H,2-5,8-9H2,1H3/t10-,11+,13-,14?,15+/m1/s1. The molecule has 0 aliphatic heterocycles. The number of sulfonamides is 1.